The maximum absolute atomic E-state index is 13.8. The van der Waals surface area contributed by atoms with Crippen molar-refractivity contribution in [2.45, 2.75) is 64.7 Å². The van der Waals surface area contributed by atoms with Gasteiger partial charge in [0.05, 0.1) is 5.56 Å². The number of likely N-dealkylation sites (tertiary alicyclic amines) is 1. The molecule has 1 aliphatic carbocycles. The van der Waals surface area contributed by atoms with Crippen molar-refractivity contribution in [1.29, 1.82) is 0 Å². The molecule has 0 radical (unpaired) electrons. The lowest BCUT2D eigenvalue weighted by atomic mass is 9.79. The van der Waals surface area contributed by atoms with Gasteiger partial charge in [0, 0.05) is 25.6 Å². The molecule has 0 atom stereocenters. The third-order valence-corrected chi connectivity index (χ3v) is 6.75. The zero-order chi connectivity index (χ0) is 20.6. The molecule has 1 saturated carbocycles. The van der Waals surface area contributed by atoms with Crippen LogP contribution in [-0.4, -0.2) is 36.3 Å². The van der Waals surface area contributed by atoms with Crippen LogP contribution in [0.4, 0.5) is 4.39 Å². The number of nitrogens with one attached hydrogen (secondary N) is 1. The minimum atomic E-state index is -0.462. The third-order valence-electron chi connectivity index (χ3n) is 6.75. The number of hydrogen-bond donors (Lipinski definition) is 1. The Morgan fingerprint density at radius 2 is 1.72 bits per heavy atom. The number of benzene rings is 1. The predicted molar refractivity (Wildman–Crippen MR) is 113 cm³/mol. The minimum absolute atomic E-state index is 0.147. The molecule has 0 spiro atoms. The van der Waals surface area contributed by atoms with Gasteiger partial charge in [-0.1, -0.05) is 38.3 Å². The van der Waals surface area contributed by atoms with Crippen LogP contribution in [-0.2, 0) is 4.79 Å². The molecule has 160 valence electrons. The standard InChI is InChI=1S/C24H35FN2O2/c1-2-3-6-18-9-11-20(12-10-18)23(28)26-17-19-13-15-27(16-14-19)24(29)21-7-4-5-8-22(21)25/h4-5,7-8,18-20H,2-3,6,9-17H2,1H3,(H,26,28). The fourth-order valence-electron chi connectivity index (χ4n) is 4.74. The first-order valence-corrected chi connectivity index (χ1v) is 11.4. The molecule has 0 unspecified atom stereocenters. The van der Waals surface area contributed by atoms with E-state index in [4.69, 9.17) is 0 Å². The summed E-state index contributed by atoms with van der Waals surface area (Å²) in [4.78, 5) is 26.8. The van der Waals surface area contributed by atoms with E-state index in [2.05, 4.69) is 12.2 Å². The van der Waals surface area contributed by atoms with E-state index in [1.165, 1.54) is 38.2 Å². The van der Waals surface area contributed by atoms with Crippen molar-refractivity contribution in [3.63, 3.8) is 0 Å². The van der Waals surface area contributed by atoms with Gasteiger partial charge in [0.1, 0.15) is 5.82 Å². The van der Waals surface area contributed by atoms with Gasteiger partial charge in [-0.15, -0.1) is 0 Å². The van der Waals surface area contributed by atoms with Crippen molar-refractivity contribution >= 4 is 11.8 Å². The maximum Gasteiger partial charge on any atom is 0.256 e. The quantitative estimate of drug-likeness (QED) is 0.713. The number of carbonyl (C=O) groups is 2. The molecule has 2 fully saturated rings. The molecular formula is C24H35FN2O2. The Morgan fingerprint density at radius 3 is 2.38 bits per heavy atom. The molecule has 0 bridgehead atoms. The van der Waals surface area contributed by atoms with Crippen LogP contribution in [0.3, 0.4) is 0 Å². The lowest BCUT2D eigenvalue weighted by molar-refractivity contribution is -0.126. The molecule has 1 aromatic rings. The van der Waals surface area contributed by atoms with E-state index in [1.807, 2.05) is 0 Å². The minimum Gasteiger partial charge on any atom is -0.356 e. The number of rotatable bonds is 7. The smallest absolute Gasteiger partial charge is 0.256 e. The van der Waals surface area contributed by atoms with E-state index in [0.717, 1.165) is 31.6 Å². The van der Waals surface area contributed by atoms with Crippen LogP contribution in [0.15, 0.2) is 24.3 Å². The van der Waals surface area contributed by atoms with Crippen molar-refractivity contribution < 1.29 is 14.0 Å². The molecule has 2 amide bonds. The molecule has 1 saturated heterocycles. The van der Waals surface area contributed by atoms with Crippen molar-refractivity contribution in [2.24, 2.45) is 17.8 Å². The van der Waals surface area contributed by atoms with E-state index in [9.17, 15) is 14.0 Å². The monoisotopic (exact) mass is 402 g/mol. The van der Waals surface area contributed by atoms with Crippen molar-refractivity contribution in [3.05, 3.63) is 35.6 Å². The van der Waals surface area contributed by atoms with Crippen LogP contribution in [0, 0.1) is 23.6 Å². The predicted octanol–water partition coefficient (Wildman–Crippen LogP) is 4.79. The Hall–Kier alpha value is -1.91. The van der Waals surface area contributed by atoms with Crippen molar-refractivity contribution in [3.8, 4) is 0 Å². The normalized spacial score (nSPS) is 23.0. The average molecular weight is 403 g/mol. The fraction of sp³-hybridized carbons (Fsp3) is 0.667. The third kappa shape index (κ3) is 6.03. The highest BCUT2D eigenvalue weighted by Crippen LogP contribution is 2.32. The largest absolute Gasteiger partial charge is 0.356 e. The summed E-state index contributed by atoms with van der Waals surface area (Å²) in [5.41, 5.74) is 0.147. The number of halogens is 1. The van der Waals surface area contributed by atoms with Gasteiger partial charge in [-0.3, -0.25) is 9.59 Å². The van der Waals surface area contributed by atoms with Crippen LogP contribution in [0.25, 0.3) is 0 Å². The van der Waals surface area contributed by atoms with Gasteiger partial charge in [-0.05, 0) is 62.5 Å². The number of unbranched alkanes of at least 4 members (excludes halogenated alkanes) is 1. The van der Waals surface area contributed by atoms with E-state index < -0.39 is 5.82 Å². The number of carbonyl (C=O) groups excluding carboxylic acids is 2. The van der Waals surface area contributed by atoms with Crippen molar-refractivity contribution in [1.82, 2.24) is 10.2 Å². The molecule has 29 heavy (non-hydrogen) atoms. The number of nitrogens with zero attached hydrogens (tertiary/aromatic N) is 1. The average Bonchev–Trinajstić information content (AvgIpc) is 2.76. The second-order valence-electron chi connectivity index (χ2n) is 8.82. The van der Waals surface area contributed by atoms with E-state index in [0.29, 0.717) is 25.6 Å². The Labute approximate surface area is 174 Å². The van der Waals surface area contributed by atoms with Gasteiger partial charge in [-0.2, -0.15) is 0 Å². The molecule has 4 nitrogen and oxygen atoms in total. The Bertz CT molecular complexity index is 677. The number of amides is 2. The SMILES string of the molecule is CCCCC1CCC(C(=O)NCC2CCN(C(=O)c3ccccc3F)CC2)CC1. The van der Waals surface area contributed by atoms with Gasteiger partial charge in [0.15, 0.2) is 0 Å². The van der Waals surface area contributed by atoms with Gasteiger partial charge >= 0.3 is 0 Å². The first-order chi connectivity index (χ1) is 14.1. The first kappa shape index (κ1) is 21.8. The summed E-state index contributed by atoms with van der Waals surface area (Å²) in [5.74, 6) is 0.904. The van der Waals surface area contributed by atoms with E-state index >= 15 is 0 Å². The maximum atomic E-state index is 13.8. The summed E-state index contributed by atoms with van der Waals surface area (Å²) in [6.07, 6.45) is 10.0. The van der Waals surface area contributed by atoms with Gasteiger partial charge < -0.3 is 10.2 Å². The van der Waals surface area contributed by atoms with E-state index in [-0.39, 0.29) is 23.3 Å². The molecular weight excluding hydrogens is 367 g/mol. The van der Waals surface area contributed by atoms with Crippen LogP contribution in [0.1, 0.15) is 75.1 Å². The second-order valence-corrected chi connectivity index (χ2v) is 8.82. The Morgan fingerprint density at radius 1 is 1.03 bits per heavy atom. The van der Waals surface area contributed by atoms with Crippen LogP contribution >= 0.6 is 0 Å². The Kier molecular flexibility index (Phi) is 8.08. The van der Waals surface area contributed by atoms with Gasteiger partial charge in [0.25, 0.3) is 5.91 Å². The van der Waals surface area contributed by atoms with Gasteiger partial charge in [-0.25, -0.2) is 4.39 Å². The fourth-order valence-corrected chi connectivity index (χ4v) is 4.74. The molecule has 5 heteroatoms. The lowest BCUT2D eigenvalue weighted by Gasteiger charge is -2.33. The molecule has 1 aromatic carbocycles. The summed E-state index contributed by atoms with van der Waals surface area (Å²) in [6, 6.07) is 6.16. The highest BCUT2D eigenvalue weighted by atomic mass is 19.1. The topological polar surface area (TPSA) is 49.4 Å². The molecule has 2 aliphatic rings. The summed E-state index contributed by atoms with van der Waals surface area (Å²) < 4.78 is 13.8. The van der Waals surface area contributed by atoms with Crippen molar-refractivity contribution in [2.75, 3.05) is 19.6 Å². The zero-order valence-electron chi connectivity index (χ0n) is 17.7. The highest BCUT2D eigenvalue weighted by molar-refractivity contribution is 5.94. The molecule has 0 aromatic heterocycles. The van der Waals surface area contributed by atoms with E-state index in [1.54, 1.807) is 23.1 Å². The molecule has 1 N–H and O–H groups in total. The van der Waals surface area contributed by atoms with Crippen LogP contribution < -0.4 is 5.32 Å². The number of piperidine rings is 1. The molecule has 1 heterocycles. The summed E-state index contributed by atoms with van der Waals surface area (Å²) >= 11 is 0. The first-order valence-electron chi connectivity index (χ1n) is 11.4. The highest BCUT2D eigenvalue weighted by Gasteiger charge is 2.28. The summed E-state index contributed by atoms with van der Waals surface area (Å²) in [6.45, 7) is 4.17. The Balaban J connectivity index is 1.36. The number of hydrogen-bond acceptors (Lipinski definition) is 2. The summed E-state index contributed by atoms with van der Waals surface area (Å²) in [5, 5.41) is 3.16. The lowest BCUT2D eigenvalue weighted by Crippen LogP contribution is -2.43. The zero-order valence-corrected chi connectivity index (χ0v) is 17.7. The van der Waals surface area contributed by atoms with Crippen LogP contribution in [0.5, 0.6) is 0 Å². The molecule has 3 rings (SSSR count). The summed E-state index contributed by atoms with van der Waals surface area (Å²) in [7, 11) is 0. The van der Waals surface area contributed by atoms with Crippen LogP contribution in [0.2, 0.25) is 0 Å². The molecule has 1 aliphatic heterocycles. The van der Waals surface area contributed by atoms with Gasteiger partial charge in [0.2, 0.25) is 5.91 Å². The second kappa shape index (κ2) is 10.7.